The van der Waals surface area contributed by atoms with Gasteiger partial charge in [0.15, 0.2) is 0 Å². The Morgan fingerprint density at radius 1 is 1.53 bits per heavy atom. The van der Waals surface area contributed by atoms with Crippen molar-refractivity contribution in [2.24, 2.45) is 11.3 Å². The van der Waals surface area contributed by atoms with E-state index in [4.69, 9.17) is 4.74 Å². The van der Waals surface area contributed by atoms with Gasteiger partial charge in [-0.15, -0.1) is 0 Å². The molecule has 6 nitrogen and oxygen atoms in total. The molecule has 2 fully saturated rings. The van der Waals surface area contributed by atoms with Gasteiger partial charge in [0, 0.05) is 13.1 Å². The average Bonchev–Trinajstić information content (AvgIpc) is 2.97. The summed E-state index contributed by atoms with van der Waals surface area (Å²) in [5, 5.41) is 12.1. The largest absolute Gasteiger partial charge is 0.481 e. The van der Waals surface area contributed by atoms with Crippen LogP contribution < -0.4 is 5.32 Å². The topological polar surface area (TPSA) is 78.9 Å². The highest BCUT2D eigenvalue weighted by Gasteiger charge is 2.47. The van der Waals surface area contributed by atoms with E-state index in [0.717, 1.165) is 25.9 Å². The molecule has 19 heavy (non-hydrogen) atoms. The highest BCUT2D eigenvalue weighted by atomic mass is 16.5. The monoisotopic (exact) mass is 270 g/mol. The van der Waals surface area contributed by atoms with Crippen molar-refractivity contribution < 1.29 is 19.4 Å². The van der Waals surface area contributed by atoms with E-state index in [9.17, 15) is 14.7 Å². The number of amides is 2. The summed E-state index contributed by atoms with van der Waals surface area (Å²) in [4.78, 5) is 25.2. The van der Waals surface area contributed by atoms with Crippen LogP contribution in [0, 0.1) is 11.3 Å². The maximum absolute atomic E-state index is 12.1. The number of ether oxygens (including phenoxy) is 1. The Bertz CT molecular complexity index is 374. The molecule has 0 aromatic rings. The van der Waals surface area contributed by atoms with Crippen molar-refractivity contribution in [1.82, 2.24) is 10.2 Å². The van der Waals surface area contributed by atoms with E-state index < -0.39 is 17.4 Å². The zero-order valence-corrected chi connectivity index (χ0v) is 11.5. The van der Waals surface area contributed by atoms with E-state index in [1.807, 2.05) is 0 Å². The molecule has 2 saturated heterocycles. The van der Waals surface area contributed by atoms with Crippen LogP contribution in [-0.2, 0) is 9.53 Å². The van der Waals surface area contributed by atoms with Gasteiger partial charge in [0.05, 0.1) is 19.3 Å². The fourth-order valence-corrected chi connectivity index (χ4v) is 2.68. The number of carbonyl (C=O) groups is 2. The highest BCUT2D eigenvalue weighted by Crippen LogP contribution is 2.29. The van der Waals surface area contributed by atoms with Crippen LogP contribution in [0.5, 0.6) is 0 Å². The maximum Gasteiger partial charge on any atom is 0.317 e. The molecule has 6 heteroatoms. The number of nitrogens with zero attached hydrogens (tertiary/aromatic N) is 1. The van der Waals surface area contributed by atoms with Crippen molar-refractivity contribution in [2.75, 3.05) is 26.3 Å². The minimum atomic E-state index is -1.03. The zero-order chi connectivity index (χ0) is 14.0. The van der Waals surface area contributed by atoms with Crippen LogP contribution in [-0.4, -0.2) is 54.4 Å². The van der Waals surface area contributed by atoms with E-state index >= 15 is 0 Å². The predicted octanol–water partition coefficient (Wildman–Crippen LogP) is 0.918. The molecule has 0 spiro atoms. The number of carboxylic acid groups (broad SMARTS) is 1. The van der Waals surface area contributed by atoms with Gasteiger partial charge in [-0.3, -0.25) is 4.79 Å². The number of rotatable bonds is 3. The number of nitrogens with one attached hydrogen (secondary N) is 1. The molecule has 0 radical (unpaired) electrons. The molecule has 2 N–H and O–H groups in total. The fraction of sp³-hybridized carbons (Fsp3) is 0.846. The third-order valence-corrected chi connectivity index (χ3v) is 4.39. The molecule has 2 heterocycles. The van der Waals surface area contributed by atoms with Gasteiger partial charge in [0.2, 0.25) is 0 Å². The van der Waals surface area contributed by atoms with Crippen molar-refractivity contribution in [2.45, 2.75) is 32.7 Å². The maximum atomic E-state index is 12.1. The van der Waals surface area contributed by atoms with Crippen LogP contribution in [0.1, 0.15) is 26.7 Å². The molecule has 0 saturated carbocycles. The Morgan fingerprint density at radius 3 is 2.84 bits per heavy atom. The Morgan fingerprint density at radius 2 is 2.26 bits per heavy atom. The van der Waals surface area contributed by atoms with E-state index in [1.165, 1.54) is 0 Å². The lowest BCUT2D eigenvalue weighted by Crippen LogP contribution is -2.53. The van der Waals surface area contributed by atoms with Crippen LogP contribution in [0.25, 0.3) is 0 Å². The number of carboxylic acids is 1. The van der Waals surface area contributed by atoms with Gasteiger partial charge in [-0.25, -0.2) is 4.79 Å². The second kappa shape index (κ2) is 5.36. The molecule has 2 aliphatic heterocycles. The van der Waals surface area contributed by atoms with E-state index in [1.54, 1.807) is 11.8 Å². The Balaban J connectivity index is 1.94. The third-order valence-electron chi connectivity index (χ3n) is 4.39. The van der Waals surface area contributed by atoms with Gasteiger partial charge in [0.1, 0.15) is 5.41 Å². The number of urea groups is 1. The number of hydrogen-bond donors (Lipinski definition) is 2. The molecule has 3 atom stereocenters. The number of carbonyl (C=O) groups excluding carboxylic acids is 1. The lowest BCUT2D eigenvalue weighted by Gasteiger charge is -2.27. The molecule has 0 bridgehead atoms. The smallest absolute Gasteiger partial charge is 0.317 e. The lowest BCUT2D eigenvalue weighted by atomic mass is 9.85. The summed E-state index contributed by atoms with van der Waals surface area (Å²) in [6.45, 7) is 5.66. The standard InChI is InChI=1S/C13H22N2O4/c1-3-9-4-5-15(6-9)12(18)14-10-7-19-8-13(10,2)11(16)17/h9-10H,3-8H2,1-2H3,(H,14,18)(H,16,17). The molecule has 2 amide bonds. The molecule has 2 aliphatic rings. The molecular weight excluding hydrogens is 248 g/mol. The van der Waals surface area contributed by atoms with E-state index in [0.29, 0.717) is 5.92 Å². The van der Waals surface area contributed by atoms with E-state index in [2.05, 4.69) is 12.2 Å². The minimum absolute atomic E-state index is 0.144. The Hall–Kier alpha value is -1.30. The number of likely N-dealkylation sites (tertiary alicyclic amines) is 1. The summed E-state index contributed by atoms with van der Waals surface area (Å²) in [6, 6.07) is -0.628. The Labute approximate surface area is 113 Å². The van der Waals surface area contributed by atoms with Crippen molar-refractivity contribution >= 4 is 12.0 Å². The lowest BCUT2D eigenvalue weighted by molar-refractivity contribution is -0.148. The second-order valence-electron chi connectivity index (χ2n) is 5.75. The van der Waals surface area contributed by atoms with Gasteiger partial charge in [0.25, 0.3) is 0 Å². The quantitative estimate of drug-likeness (QED) is 0.799. The van der Waals surface area contributed by atoms with Gasteiger partial charge < -0.3 is 20.1 Å². The SMILES string of the molecule is CCC1CCN(C(=O)NC2COCC2(C)C(=O)O)C1. The first-order valence-corrected chi connectivity index (χ1v) is 6.84. The average molecular weight is 270 g/mol. The van der Waals surface area contributed by atoms with Crippen molar-refractivity contribution in [3.63, 3.8) is 0 Å². The minimum Gasteiger partial charge on any atom is -0.481 e. The van der Waals surface area contributed by atoms with Crippen molar-refractivity contribution in [3.8, 4) is 0 Å². The van der Waals surface area contributed by atoms with Gasteiger partial charge in [-0.05, 0) is 19.3 Å². The first-order chi connectivity index (χ1) is 8.97. The van der Waals surface area contributed by atoms with Gasteiger partial charge in [-0.2, -0.15) is 0 Å². The summed E-state index contributed by atoms with van der Waals surface area (Å²) < 4.78 is 5.23. The summed E-state index contributed by atoms with van der Waals surface area (Å²) >= 11 is 0. The summed E-state index contributed by atoms with van der Waals surface area (Å²) in [7, 11) is 0. The first kappa shape index (κ1) is 14.1. The normalized spacial score (nSPS) is 34.5. The zero-order valence-electron chi connectivity index (χ0n) is 11.5. The molecule has 0 aromatic carbocycles. The van der Waals surface area contributed by atoms with Crippen LogP contribution >= 0.6 is 0 Å². The first-order valence-electron chi connectivity index (χ1n) is 6.84. The molecular formula is C13H22N2O4. The van der Waals surface area contributed by atoms with Crippen LogP contribution in [0.2, 0.25) is 0 Å². The summed E-state index contributed by atoms with van der Waals surface area (Å²) in [6.07, 6.45) is 2.10. The Kier molecular flexibility index (Phi) is 3.99. The van der Waals surface area contributed by atoms with Gasteiger partial charge >= 0.3 is 12.0 Å². The van der Waals surface area contributed by atoms with Gasteiger partial charge in [-0.1, -0.05) is 13.3 Å². The second-order valence-corrected chi connectivity index (χ2v) is 5.75. The van der Waals surface area contributed by atoms with Crippen LogP contribution in [0.15, 0.2) is 0 Å². The molecule has 0 aromatic heterocycles. The fourth-order valence-electron chi connectivity index (χ4n) is 2.68. The van der Waals surface area contributed by atoms with Crippen LogP contribution in [0.4, 0.5) is 4.79 Å². The molecule has 2 rings (SSSR count). The summed E-state index contributed by atoms with van der Waals surface area (Å²) in [5.74, 6) is -0.361. The number of aliphatic carboxylic acids is 1. The third kappa shape index (κ3) is 2.68. The summed E-state index contributed by atoms with van der Waals surface area (Å²) in [5.41, 5.74) is -1.03. The van der Waals surface area contributed by atoms with E-state index in [-0.39, 0.29) is 19.2 Å². The van der Waals surface area contributed by atoms with Crippen molar-refractivity contribution in [1.29, 1.82) is 0 Å². The highest BCUT2D eigenvalue weighted by molar-refractivity contribution is 5.79. The molecule has 108 valence electrons. The molecule has 0 aliphatic carbocycles. The predicted molar refractivity (Wildman–Crippen MR) is 68.9 cm³/mol. The molecule has 3 unspecified atom stereocenters. The van der Waals surface area contributed by atoms with Crippen molar-refractivity contribution in [3.05, 3.63) is 0 Å². The number of hydrogen-bond acceptors (Lipinski definition) is 3. The van der Waals surface area contributed by atoms with Crippen LogP contribution in [0.3, 0.4) is 0 Å².